The second-order valence-corrected chi connectivity index (χ2v) is 5.38. The molecule has 3 rings (SSSR count). The van der Waals surface area contributed by atoms with Crippen molar-refractivity contribution in [2.24, 2.45) is 7.05 Å². The van der Waals surface area contributed by atoms with Crippen LogP contribution in [0.15, 0.2) is 24.4 Å². The third-order valence-corrected chi connectivity index (χ3v) is 3.75. The largest absolute Gasteiger partial charge is 0.465 e. The lowest BCUT2D eigenvalue weighted by molar-refractivity contribution is 0.194. The van der Waals surface area contributed by atoms with Crippen LogP contribution in [0.25, 0.3) is 11.3 Å². The van der Waals surface area contributed by atoms with Gasteiger partial charge in [0.2, 0.25) is 0 Å². The third-order valence-electron chi connectivity index (χ3n) is 3.75. The van der Waals surface area contributed by atoms with Crippen LogP contribution < -0.4 is 9.80 Å². The summed E-state index contributed by atoms with van der Waals surface area (Å²) in [7, 11) is 1.73. The van der Waals surface area contributed by atoms with Gasteiger partial charge in [-0.15, -0.1) is 5.10 Å². The van der Waals surface area contributed by atoms with Gasteiger partial charge in [-0.2, -0.15) is 0 Å². The Hall–Kier alpha value is -3.10. The number of amides is 2. The van der Waals surface area contributed by atoms with Crippen molar-refractivity contribution in [3.05, 3.63) is 24.4 Å². The molecule has 0 spiro atoms. The van der Waals surface area contributed by atoms with Crippen LogP contribution in [0.2, 0.25) is 0 Å². The van der Waals surface area contributed by atoms with Gasteiger partial charge in [-0.05, 0) is 19.1 Å². The minimum Gasteiger partial charge on any atom is -0.465 e. The molecule has 0 saturated heterocycles. The van der Waals surface area contributed by atoms with Gasteiger partial charge in [0.1, 0.15) is 5.69 Å². The Morgan fingerprint density at radius 2 is 1.96 bits per heavy atom. The molecule has 1 aliphatic rings. The van der Waals surface area contributed by atoms with Crippen LogP contribution in [0.5, 0.6) is 0 Å². The Morgan fingerprint density at radius 3 is 2.52 bits per heavy atom. The van der Waals surface area contributed by atoms with Crippen LogP contribution in [0.4, 0.5) is 21.0 Å². The Balaban J connectivity index is 2.14. The average Bonchev–Trinajstić information content (AvgIpc) is 2.91. The van der Waals surface area contributed by atoms with Gasteiger partial charge in [-0.1, -0.05) is 11.3 Å². The maximum absolute atomic E-state index is 11.5. The van der Waals surface area contributed by atoms with Crippen molar-refractivity contribution in [2.75, 3.05) is 16.3 Å². The van der Waals surface area contributed by atoms with Gasteiger partial charge >= 0.3 is 12.2 Å². The van der Waals surface area contributed by atoms with Crippen molar-refractivity contribution in [3.63, 3.8) is 0 Å². The van der Waals surface area contributed by atoms with E-state index in [1.165, 1.54) is 9.58 Å². The molecule has 2 amide bonds. The van der Waals surface area contributed by atoms with Crippen LogP contribution in [-0.2, 0) is 7.05 Å². The van der Waals surface area contributed by atoms with Crippen molar-refractivity contribution in [3.8, 4) is 11.3 Å². The van der Waals surface area contributed by atoms with Crippen LogP contribution in [-0.4, -0.2) is 50.0 Å². The van der Waals surface area contributed by atoms with Crippen LogP contribution in [0.3, 0.4) is 0 Å². The summed E-state index contributed by atoms with van der Waals surface area (Å²) in [5.41, 5.74) is 1.91. The molecule has 2 heterocycles. The smallest absolute Gasteiger partial charge is 0.412 e. The summed E-state index contributed by atoms with van der Waals surface area (Å²) in [6.45, 7) is 1.74. The monoisotopic (exact) mass is 317 g/mol. The number of aryl methyl sites for hydroxylation is 1. The molecule has 0 aliphatic carbocycles. The maximum Gasteiger partial charge on any atom is 0.412 e. The minimum absolute atomic E-state index is 0.0680. The zero-order chi connectivity index (χ0) is 16.7. The standard InChI is InChI=1S/C14H15N5O4/c1-8-6-18(13(20)21)12-5-9(10-7-17(2)16-15-10)3-4-11(12)19(8)14(22)23/h3-5,7-8H,6H2,1-2H3,(H,20,21)(H,22,23)/t8-/m0/s1. The zero-order valence-electron chi connectivity index (χ0n) is 12.5. The zero-order valence-corrected chi connectivity index (χ0v) is 12.5. The molecule has 0 fully saturated rings. The first-order valence-corrected chi connectivity index (χ1v) is 6.92. The summed E-state index contributed by atoms with van der Waals surface area (Å²) in [6, 6.07) is 4.45. The molecule has 2 aromatic rings. The Bertz CT molecular complexity index is 787. The number of fused-ring (bicyclic) bond motifs is 1. The summed E-state index contributed by atoms with van der Waals surface area (Å²) >= 11 is 0. The van der Waals surface area contributed by atoms with Crippen molar-refractivity contribution >= 4 is 23.6 Å². The molecular formula is C14H15N5O4. The second-order valence-electron chi connectivity index (χ2n) is 5.38. The number of aromatic nitrogens is 3. The normalized spacial score (nSPS) is 17.0. The van der Waals surface area contributed by atoms with E-state index in [4.69, 9.17) is 0 Å². The Labute approximate surface area is 131 Å². The SMILES string of the molecule is C[C@H]1CN(C(=O)O)c2cc(-c3cn(C)nn3)ccc2N1C(=O)O. The first kappa shape index (κ1) is 14.8. The fourth-order valence-electron chi connectivity index (χ4n) is 2.74. The molecule has 2 N–H and O–H groups in total. The number of hydrogen-bond donors (Lipinski definition) is 2. The summed E-state index contributed by atoms with van der Waals surface area (Å²) < 4.78 is 1.54. The maximum atomic E-state index is 11.5. The highest BCUT2D eigenvalue weighted by Crippen LogP contribution is 2.38. The molecular weight excluding hydrogens is 302 g/mol. The fraction of sp³-hybridized carbons (Fsp3) is 0.286. The van der Waals surface area contributed by atoms with Crippen molar-refractivity contribution in [1.82, 2.24) is 15.0 Å². The quantitative estimate of drug-likeness (QED) is 0.830. The Kier molecular flexibility index (Phi) is 3.40. The highest BCUT2D eigenvalue weighted by atomic mass is 16.4. The van der Waals surface area contributed by atoms with E-state index in [9.17, 15) is 19.8 Å². The molecule has 0 saturated carbocycles. The van der Waals surface area contributed by atoms with Gasteiger partial charge < -0.3 is 10.2 Å². The number of rotatable bonds is 1. The first-order valence-electron chi connectivity index (χ1n) is 6.92. The summed E-state index contributed by atoms with van der Waals surface area (Å²) in [4.78, 5) is 25.3. The van der Waals surface area contributed by atoms with E-state index in [2.05, 4.69) is 10.3 Å². The molecule has 0 radical (unpaired) electrons. The molecule has 1 aliphatic heterocycles. The summed E-state index contributed by atoms with van der Waals surface area (Å²) in [5, 5.41) is 26.7. The lowest BCUT2D eigenvalue weighted by atomic mass is 10.0. The van der Waals surface area contributed by atoms with E-state index in [0.29, 0.717) is 22.6 Å². The van der Waals surface area contributed by atoms with Gasteiger partial charge in [0.15, 0.2) is 0 Å². The summed E-state index contributed by atoms with van der Waals surface area (Å²) in [6.07, 6.45) is -0.539. The number of carbonyl (C=O) groups is 2. The topological polar surface area (TPSA) is 112 Å². The summed E-state index contributed by atoms with van der Waals surface area (Å²) in [5.74, 6) is 0. The number of nitrogens with zero attached hydrogens (tertiary/aromatic N) is 5. The lowest BCUT2D eigenvalue weighted by Crippen LogP contribution is -2.51. The van der Waals surface area contributed by atoms with Gasteiger partial charge in [0, 0.05) is 12.6 Å². The van der Waals surface area contributed by atoms with Gasteiger partial charge in [-0.3, -0.25) is 14.5 Å². The predicted octanol–water partition coefficient (Wildman–Crippen LogP) is 1.85. The molecule has 1 aromatic carbocycles. The molecule has 1 atom stereocenters. The molecule has 0 bridgehead atoms. The van der Waals surface area contributed by atoms with Crippen LogP contribution >= 0.6 is 0 Å². The van der Waals surface area contributed by atoms with Crippen LogP contribution in [0.1, 0.15) is 6.92 Å². The molecule has 0 unspecified atom stereocenters. The first-order chi connectivity index (χ1) is 10.9. The van der Waals surface area contributed by atoms with Gasteiger partial charge in [-0.25, -0.2) is 9.59 Å². The highest BCUT2D eigenvalue weighted by Gasteiger charge is 2.35. The van der Waals surface area contributed by atoms with Crippen molar-refractivity contribution in [2.45, 2.75) is 13.0 Å². The highest BCUT2D eigenvalue weighted by molar-refractivity contribution is 6.00. The fourth-order valence-corrected chi connectivity index (χ4v) is 2.74. The molecule has 1 aromatic heterocycles. The third kappa shape index (κ3) is 2.45. The average molecular weight is 317 g/mol. The Morgan fingerprint density at radius 1 is 1.22 bits per heavy atom. The van der Waals surface area contributed by atoms with E-state index in [1.807, 2.05) is 0 Å². The lowest BCUT2D eigenvalue weighted by Gasteiger charge is -2.38. The number of carboxylic acid groups (broad SMARTS) is 2. The van der Waals surface area contributed by atoms with E-state index < -0.39 is 18.2 Å². The van der Waals surface area contributed by atoms with Gasteiger partial charge in [0.25, 0.3) is 0 Å². The second kappa shape index (κ2) is 5.27. The molecule has 120 valence electrons. The number of hydrogen-bond acceptors (Lipinski definition) is 4. The van der Waals surface area contributed by atoms with Crippen LogP contribution in [0, 0.1) is 0 Å². The molecule has 9 nitrogen and oxygen atoms in total. The minimum atomic E-state index is -1.13. The predicted molar refractivity (Wildman–Crippen MR) is 81.8 cm³/mol. The van der Waals surface area contributed by atoms with E-state index in [0.717, 1.165) is 4.90 Å². The number of anilines is 2. The van der Waals surface area contributed by atoms with Crippen molar-refractivity contribution < 1.29 is 19.8 Å². The molecule has 23 heavy (non-hydrogen) atoms. The van der Waals surface area contributed by atoms with E-state index in [-0.39, 0.29) is 6.54 Å². The number of benzene rings is 1. The van der Waals surface area contributed by atoms with Gasteiger partial charge in [0.05, 0.1) is 30.2 Å². The molecule has 9 heteroatoms. The van der Waals surface area contributed by atoms with E-state index >= 15 is 0 Å². The van der Waals surface area contributed by atoms with E-state index in [1.54, 1.807) is 38.4 Å². The van der Waals surface area contributed by atoms with Crippen molar-refractivity contribution in [1.29, 1.82) is 0 Å².